The maximum absolute atomic E-state index is 12.6. The summed E-state index contributed by atoms with van der Waals surface area (Å²) in [6.07, 6.45) is 1.86. The summed E-state index contributed by atoms with van der Waals surface area (Å²) in [6.45, 7) is 5.43. The van der Waals surface area contributed by atoms with Crippen LogP contribution in [0.3, 0.4) is 0 Å². The zero-order chi connectivity index (χ0) is 23.7. The average molecular weight is 483 g/mol. The maximum atomic E-state index is 12.6. The fourth-order valence-corrected chi connectivity index (χ4v) is 5.09. The molecule has 0 aliphatic heterocycles. The topological polar surface area (TPSA) is 102 Å². The largest absolute Gasteiger partial charge is 0.482 e. The van der Waals surface area contributed by atoms with Gasteiger partial charge in [0.25, 0.3) is 15.9 Å². The Bertz CT molecular complexity index is 972. The molecule has 0 fully saturated rings. The van der Waals surface area contributed by atoms with Crippen molar-refractivity contribution in [1.29, 1.82) is 0 Å². The second kappa shape index (κ2) is 11.9. The molecule has 176 valence electrons. The predicted octanol–water partition coefficient (Wildman–Crippen LogP) is 3.44. The average Bonchev–Trinajstić information content (AvgIpc) is 3.30. The number of carbonyl (C=O) groups excluding carboxylic acids is 2. The number of rotatable bonds is 12. The number of benzene rings is 1. The van der Waals surface area contributed by atoms with Crippen LogP contribution in [0.25, 0.3) is 0 Å². The summed E-state index contributed by atoms with van der Waals surface area (Å²) in [7, 11) is -2.15. The van der Waals surface area contributed by atoms with Gasteiger partial charge in [-0.15, -0.1) is 11.3 Å². The molecule has 10 heteroatoms. The molecule has 0 aliphatic carbocycles. The van der Waals surface area contributed by atoms with Crippen molar-refractivity contribution >= 4 is 38.9 Å². The molecule has 0 saturated carbocycles. The van der Waals surface area contributed by atoms with Crippen molar-refractivity contribution < 1.29 is 27.5 Å². The van der Waals surface area contributed by atoms with Crippen molar-refractivity contribution in [2.24, 2.45) is 5.92 Å². The molecule has 2 rings (SSSR count). The van der Waals surface area contributed by atoms with E-state index in [2.05, 4.69) is 19.2 Å². The van der Waals surface area contributed by atoms with Gasteiger partial charge in [-0.05, 0) is 61.4 Å². The third-order valence-electron chi connectivity index (χ3n) is 4.62. The van der Waals surface area contributed by atoms with Gasteiger partial charge in [0.15, 0.2) is 13.2 Å². The van der Waals surface area contributed by atoms with E-state index < -0.39 is 16.0 Å². The summed E-state index contributed by atoms with van der Waals surface area (Å²) >= 11 is 1.15. The van der Waals surface area contributed by atoms with E-state index in [0.717, 1.165) is 24.2 Å². The van der Waals surface area contributed by atoms with Gasteiger partial charge >= 0.3 is 5.97 Å². The van der Waals surface area contributed by atoms with Gasteiger partial charge in [-0.25, -0.2) is 13.2 Å². The molecule has 1 amide bonds. The van der Waals surface area contributed by atoms with Crippen molar-refractivity contribution in [1.82, 2.24) is 5.32 Å². The highest BCUT2D eigenvalue weighted by Gasteiger charge is 2.22. The summed E-state index contributed by atoms with van der Waals surface area (Å²) < 4.78 is 36.9. The van der Waals surface area contributed by atoms with Crippen LogP contribution < -0.4 is 14.4 Å². The summed E-state index contributed by atoms with van der Waals surface area (Å²) in [5.74, 6) is -0.0889. The van der Waals surface area contributed by atoms with E-state index in [4.69, 9.17) is 9.47 Å². The number of ether oxygens (including phenoxy) is 2. The number of sulfonamides is 1. The van der Waals surface area contributed by atoms with Crippen molar-refractivity contribution in [2.45, 2.75) is 43.9 Å². The monoisotopic (exact) mass is 482 g/mol. The minimum atomic E-state index is -3.62. The number of anilines is 1. The smallest absolute Gasteiger partial charge is 0.344 e. The predicted molar refractivity (Wildman–Crippen MR) is 124 cm³/mol. The number of esters is 1. The molecule has 0 radical (unpaired) electrons. The molecule has 0 saturated heterocycles. The fraction of sp³-hybridized carbons (Fsp3) is 0.455. The Kier molecular flexibility index (Phi) is 9.52. The van der Waals surface area contributed by atoms with Gasteiger partial charge in [0.2, 0.25) is 0 Å². The van der Waals surface area contributed by atoms with Crippen LogP contribution in [-0.4, -0.2) is 46.6 Å². The Morgan fingerprint density at radius 2 is 1.75 bits per heavy atom. The van der Waals surface area contributed by atoms with E-state index in [0.29, 0.717) is 17.4 Å². The molecule has 0 spiro atoms. The van der Waals surface area contributed by atoms with Gasteiger partial charge in [-0.1, -0.05) is 19.9 Å². The molecule has 0 aliphatic rings. The molecule has 1 N–H and O–H groups in total. The first-order valence-corrected chi connectivity index (χ1v) is 12.6. The molecular formula is C22H30N2O6S2. The van der Waals surface area contributed by atoms with Crippen LogP contribution in [0.15, 0.2) is 46.0 Å². The van der Waals surface area contributed by atoms with E-state index in [-0.39, 0.29) is 29.4 Å². The first-order valence-electron chi connectivity index (χ1n) is 10.3. The standard InChI is InChI=1S/C22H30N2O6S2/c1-16(2)7-8-17(3)23-20(25)14-30-21(26)15-29-19-11-9-18(10-12-19)24(4)32(27,28)22-6-5-13-31-22/h5-6,9-13,16-17H,7-8,14-15H2,1-4H3,(H,23,25). The lowest BCUT2D eigenvalue weighted by molar-refractivity contribution is -0.150. The fourth-order valence-electron chi connectivity index (χ4n) is 2.74. The van der Waals surface area contributed by atoms with Gasteiger partial charge in [0.1, 0.15) is 9.96 Å². The lowest BCUT2D eigenvalue weighted by Gasteiger charge is -2.18. The molecular weight excluding hydrogens is 452 g/mol. The van der Waals surface area contributed by atoms with Crippen LogP contribution in [0.5, 0.6) is 5.75 Å². The second-order valence-electron chi connectivity index (χ2n) is 7.79. The quantitative estimate of drug-likeness (QED) is 0.465. The number of carbonyl (C=O) groups is 2. The normalized spacial score (nSPS) is 12.3. The van der Waals surface area contributed by atoms with Gasteiger partial charge in [0, 0.05) is 13.1 Å². The number of thiophene rings is 1. The van der Waals surface area contributed by atoms with Crippen molar-refractivity contribution in [3.63, 3.8) is 0 Å². The van der Waals surface area contributed by atoms with Crippen LogP contribution in [-0.2, 0) is 24.3 Å². The summed E-state index contributed by atoms with van der Waals surface area (Å²) in [4.78, 5) is 23.7. The molecule has 1 aromatic carbocycles. The Hall–Kier alpha value is -2.59. The Morgan fingerprint density at radius 3 is 2.34 bits per heavy atom. The number of nitrogens with one attached hydrogen (secondary N) is 1. The van der Waals surface area contributed by atoms with E-state index >= 15 is 0 Å². The third kappa shape index (κ3) is 7.83. The minimum Gasteiger partial charge on any atom is -0.482 e. The van der Waals surface area contributed by atoms with Crippen LogP contribution >= 0.6 is 11.3 Å². The van der Waals surface area contributed by atoms with Gasteiger partial charge < -0.3 is 14.8 Å². The highest BCUT2D eigenvalue weighted by molar-refractivity contribution is 7.94. The molecule has 1 aromatic heterocycles. The van der Waals surface area contributed by atoms with Gasteiger partial charge in [-0.2, -0.15) is 0 Å². The van der Waals surface area contributed by atoms with E-state index in [1.807, 2.05) is 6.92 Å². The Balaban J connectivity index is 1.77. The van der Waals surface area contributed by atoms with E-state index in [9.17, 15) is 18.0 Å². The summed E-state index contributed by atoms with van der Waals surface area (Å²) in [5, 5.41) is 4.50. The first kappa shape index (κ1) is 25.7. The number of hydrogen-bond acceptors (Lipinski definition) is 7. The maximum Gasteiger partial charge on any atom is 0.344 e. The lowest BCUT2D eigenvalue weighted by Crippen LogP contribution is -2.36. The minimum absolute atomic E-state index is 0.0140. The Labute approximate surface area is 193 Å². The summed E-state index contributed by atoms with van der Waals surface area (Å²) in [5.41, 5.74) is 0.455. The van der Waals surface area contributed by atoms with E-state index in [1.165, 1.54) is 11.4 Å². The SMILES string of the molecule is CC(C)CCC(C)NC(=O)COC(=O)COc1ccc(N(C)S(=O)(=O)c2cccs2)cc1. The molecule has 8 nitrogen and oxygen atoms in total. The number of hydrogen-bond donors (Lipinski definition) is 1. The highest BCUT2D eigenvalue weighted by Crippen LogP contribution is 2.26. The van der Waals surface area contributed by atoms with Crippen LogP contribution in [0.2, 0.25) is 0 Å². The van der Waals surface area contributed by atoms with Crippen molar-refractivity contribution in [2.75, 3.05) is 24.6 Å². The zero-order valence-corrected chi connectivity index (χ0v) is 20.4. The summed E-state index contributed by atoms with van der Waals surface area (Å²) in [6, 6.07) is 9.53. The van der Waals surface area contributed by atoms with Crippen LogP contribution in [0, 0.1) is 5.92 Å². The van der Waals surface area contributed by atoms with Crippen LogP contribution in [0.4, 0.5) is 5.69 Å². The molecule has 32 heavy (non-hydrogen) atoms. The molecule has 1 heterocycles. The first-order chi connectivity index (χ1) is 15.1. The highest BCUT2D eigenvalue weighted by atomic mass is 32.2. The molecule has 0 bridgehead atoms. The Morgan fingerprint density at radius 1 is 1.06 bits per heavy atom. The molecule has 1 unspecified atom stereocenters. The molecule has 2 aromatic rings. The molecule has 1 atom stereocenters. The van der Waals surface area contributed by atoms with Crippen molar-refractivity contribution in [3.05, 3.63) is 41.8 Å². The zero-order valence-electron chi connectivity index (χ0n) is 18.7. The van der Waals surface area contributed by atoms with Crippen molar-refractivity contribution in [3.8, 4) is 5.75 Å². The second-order valence-corrected chi connectivity index (χ2v) is 10.9. The van der Waals surface area contributed by atoms with E-state index in [1.54, 1.807) is 41.8 Å². The lowest BCUT2D eigenvalue weighted by atomic mass is 10.0. The van der Waals surface area contributed by atoms with Gasteiger partial charge in [0.05, 0.1) is 5.69 Å². The van der Waals surface area contributed by atoms with Gasteiger partial charge in [-0.3, -0.25) is 9.10 Å². The number of nitrogens with zero attached hydrogens (tertiary/aromatic N) is 1. The van der Waals surface area contributed by atoms with Crippen LogP contribution in [0.1, 0.15) is 33.6 Å². The third-order valence-corrected chi connectivity index (χ3v) is 7.77. The number of amides is 1.